The van der Waals surface area contributed by atoms with Gasteiger partial charge in [0, 0.05) is 0 Å². The predicted octanol–water partition coefficient (Wildman–Crippen LogP) is 2.25. The number of methoxy groups -OCH3 is 1. The lowest BCUT2D eigenvalue weighted by atomic mass is 10.1. The van der Waals surface area contributed by atoms with Gasteiger partial charge in [0.2, 0.25) is 5.44 Å². The van der Waals surface area contributed by atoms with E-state index in [9.17, 15) is 9.32 Å². The first-order valence-corrected chi connectivity index (χ1v) is 7.40. The van der Waals surface area contributed by atoms with E-state index in [1.165, 1.54) is 0 Å². The highest BCUT2D eigenvalue weighted by atomic mass is 32.2. The monoisotopic (exact) mass is 290 g/mol. The number of aliphatic hydroxyl groups excluding tert-OH is 1. The van der Waals surface area contributed by atoms with E-state index >= 15 is 0 Å². The molecule has 1 heterocycles. The van der Waals surface area contributed by atoms with Crippen LogP contribution in [0.2, 0.25) is 0 Å². The summed E-state index contributed by atoms with van der Waals surface area (Å²) in [5.41, 5.74) is -0.127. The second kappa shape index (κ2) is 5.26. The molecule has 1 aliphatic rings. The molecule has 1 unspecified atom stereocenters. The fourth-order valence-corrected chi connectivity index (χ4v) is 3.51. The minimum atomic E-state index is -1.38. The van der Waals surface area contributed by atoms with Crippen molar-refractivity contribution in [2.75, 3.05) is 7.11 Å². The van der Waals surface area contributed by atoms with Gasteiger partial charge in [-0.3, -0.25) is 4.21 Å². The largest absolute Gasteiger partial charge is 0.497 e. The molecule has 2 aromatic rings. The van der Waals surface area contributed by atoms with Crippen molar-refractivity contribution in [2.45, 2.75) is 16.4 Å². The van der Waals surface area contributed by atoms with Crippen molar-refractivity contribution in [2.24, 2.45) is 0 Å². The molecule has 1 N–H and O–H groups in total. The fraction of sp³-hybridized carbons (Fsp3) is 0.200. The van der Waals surface area contributed by atoms with Gasteiger partial charge in [-0.05, 0) is 29.8 Å². The smallest absolute Gasteiger partial charge is 0.207 e. The maximum absolute atomic E-state index is 12.3. The molecule has 0 saturated heterocycles. The first-order chi connectivity index (χ1) is 9.70. The maximum atomic E-state index is 12.3. The van der Waals surface area contributed by atoms with Crippen LogP contribution >= 0.6 is 0 Å². The summed E-state index contributed by atoms with van der Waals surface area (Å²) < 4.78 is 23.0. The van der Waals surface area contributed by atoms with Crippen LogP contribution in [-0.2, 0) is 10.8 Å². The van der Waals surface area contributed by atoms with Crippen LogP contribution < -0.4 is 9.47 Å². The summed E-state index contributed by atoms with van der Waals surface area (Å²) in [5, 5.41) is 10.4. The molecule has 0 fully saturated rings. The highest BCUT2D eigenvalue weighted by Gasteiger charge is 2.37. The molecule has 1 aliphatic heterocycles. The van der Waals surface area contributed by atoms with Crippen LogP contribution in [-0.4, -0.2) is 21.9 Å². The van der Waals surface area contributed by atoms with Gasteiger partial charge in [0.05, 0.1) is 12.0 Å². The van der Waals surface area contributed by atoms with Crippen molar-refractivity contribution in [1.82, 2.24) is 0 Å². The SMILES string of the molecule is COc1ccc([C@H](O)[C@@H]2Oc3ccccc3S2=O)cc1. The first kappa shape index (κ1) is 13.1. The van der Waals surface area contributed by atoms with Gasteiger partial charge in [-0.2, -0.15) is 0 Å². The van der Waals surface area contributed by atoms with E-state index in [0.29, 0.717) is 22.0 Å². The maximum Gasteiger partial charge on any atom is 0.207 e. The van der Waals surface area contributed by atoms with Crippen molar-refractivity contribution in [3.63, 3.8) is 0 Å². The number of benzene rings is 2. The van der Waals surface area contributed by atoms with Crippen molar-refractivity contribution in [1.29, 1.82) is 0 Å². The molecule has 3 atom stereocenters. The minimum absolute atomic E-state index is 0.573. The predicted molar refractivity (Wildman–Crippen MR) is 75.2 cm³/mol. The normalized spacial score (nSPS) is 21.9. The van der Waals surface area contributed by atoms with Gasteiger partial charge in [0.25, 0.3) is 0 Å². The number of fused-ring (bicyclic) bond motifs is 1. The molecule has 0 radical (unpaired) electrons. The number of hydrogen-bond acceptors (Lipinski definition) is 4. The molecule has 5 heteroatoms. The van der Waals surface area contributed by atoms with E-state index in [4.69, 9.17) is 9.47 Å². The number of aliphatic hydroxyl groups is 1. The van der Waals surface area contributed by atoms with Crippen LogP contribution in [0, 0.1) is 0 Å². The summed E-state index contributed by atoms with van der Waals surface area (Å²) in [7, 11) is 0.204. The molecule has 0 amide bonds. The van der Waals surface area contributed by atoms with E-state index in [-0.39, 0.29) is 0 Å². The van der Waals surface area contributed by atoms with Crippen LogP contribution in [0.1, 0.15) is 11.7 Å². The summed E-state index contributed by atoms with van der Waals surface area (Å²) in [6.45, 7) is 0. The second-order valence-electron chi connectivity index (χ2n) is 4.45. The van der Waals surface area contributed by atoms with Gasteiger partial charge in [-0.15, -0.1) is 0 Å². The summed E-state index contributed by atoms with van der Waals surface area (Å²) in [6.07, 6.45) is -0.950. The quantitative estimate of drug-likeness (QED) is 0.942. The Hall–Kier alpha value is -1.85. The molecule has 0 aromatic heterocycles. The van der Waals surface area contributed by atoms with Crippen molar-refractivity contribution >= 4 is 10.8 Å². The zero-order valence-electron chi connectivity index (χ0n) is 10.9. The Kier molecular flexibility index (Phi) is 3.46. The number of ether oxygens (including phenoxy) is 2. The van der Waals surface area contributed by atoms with E-state index in [2.05, 4.69) is 0 Å². The second-order valence-corrected chi connectivity index (χ2v) is 5.95. The summed E-state index contributed by atoms with van der Waals surface area (Å²) >= 11 is 0. The molecule has 4 nitrogen and oxygen atoms in total. The van der Waals surface area contributed by atoms with E-state index in [1.807, 2.05) is 12.1 Å². The molecular formula is C15H14O4S. The van der Waals surface area contributed by atoms with Crippen LogP contribution in [0.3, 0.4) is 0 Å². The molecule has 0 spiro atoms. The Morgan fingerprint density at radius 3 is 2.55 bits per heavy atom. The molecule has 0 bridgehead atoms. The third-order valence-electron chi connectivity index (χ3n) is 3.24. The highest BCUT2D eigenvalue weighted by Crippen LogP contribution is 2.37. The van der Waals surface area contributed by atoms with Crippen molar-refractivity contribution in [3.8, 4) is 11.5 Å². The fourth-order valence-electron chi connectivity index (χ4n) is 2.15. The van der Waals surface area contributed by atoms with E-state index in [1.54, 1.807) is 43.5 Å². The summed E-state index contributed by atoms with van der Waals surface area (Å²) in [5.74, 6) is 1.28. The Labute approximate surface area is 119 Å². The molecule has 20 heavy (non-hydrogen) atoms. The minimum Gasteiger partial charge on any atom is -0.497 e. The third-order valence-corrected chi connectivity index (χ3v) is 4.78. The number of hydrogen-bond donors (Lipinski definition) is 1. The number of para-hydroxylation sites is 1. The van der Waals surface area contributed by atoms with Gasteiger partial charge in [-0.25, -0.2) is 0 Å². The summed E-state index contributed by atoms with van der Waals surface area (Å²) in [4.78, 5) is 0.630. The van der Waals surface area contributed by atoms with E-state index < -0.39 is 22.3 Å². The van der Waals surface area contributed by atoms with Gasteiger partial charge in [0.15, 0.2) is 0 Å². The lowest BCUT2D eigenvalue weighted by Crippen LogP contribution is -2.25. The summed E-state index contributed by atoms with van der Waals surface area (Å²) in [6, 6.07) is 14.1. The van der Waals surface area contributed by atoms with Gasteiger partial charge >= 0.3 is 0 Å². The molecule has 3 rings (SSSR count). The molecule has 2 aromatic carbocycles. The van der Waals surface area contributed by atoms with Crippen LogP contribution in [0.5, 0.6) is 11.5 Å². The standard InChI is InChI=1S/C15H14O4S/c1-18-11-8-6-10(7-9-11)14(16)15-19-12-4-2-3-5-13(12)20(15)17/h2-9,14-16H,1H3/t14-,15+,20?/m0/s1. The average molecular weight is 290 g/mol. The van der Waals surface area contributed by atoms with E-state index in [0.717, 1.165) is 0 Å². The Morgan fingerprint density at radius 1 is 1.20 bits per heavy atom. The van der Waals surface area contributed by atoms with Gasteiger partial charge in [0.1, 0.15) is 28.4 Å². The molecule has 0 aliphatic carbocycles. The number of rotatable bonds is 3. The lowest BCUT2D eigenvalue weighted by molar-refractivity contribution is 0.0885. The Balaban J connectivity index is 1.85. The third kappa shape index (κ3) is 2.19. The van der Waals surface area contributed by atoms with Crippen LogP contribution in [0.15, 0.2) is 53.4 Å². The van der Waals surface area contributed by atoms with Crippen molar-refractivity contribution in [3.05, 3.63) is 54.1 Å². The highest BCUT2D eigenvalue weighted by molar-refractivity contribution is 7.86. The zero-order chi connectivity index (χ0) is 14.1. The van der Waals surface area contributed by atoms with Crippen LogP contribution in [0.25, 0.3) is 0 Å². The first-order valence-electron chi connectivity index (χ1n) is 6.19. The Bertz CT molecular complexity index is 639. The van der Waals surface area contributed by atoms with Gasteiger partial charge < -0.3 is 14.6 Å². The zero-order valence-corrected chi connectivity index (χ0v) is 11.7. The Morgan fingerprint density at radius 2 is 1.90 bits per heavy atom. The topological polar surface area (TPSA) is 55.8 Å². The molecular weight excluding hydrogens is 276 g/mol. The van der Waals surface area contributed by atoms with Crippen LogP contribution in [0.4, 0.5) is 0 Å². The van der Waals surface area contributed by atoms with Gasteiger partial charge in [-0.1, -0.05) is 24.3 Å². The molecule has 0 saturated carbocycles. The van der Waals surface area contributed by atoms with Crippen molar-refractivity contribution < 1.29 is 18.8 Å². The molecule has 104 valence electrons. The average Bonchev–Trinajstić information content (AvgIpc) is 2.84. The lowest BCUT2D eigenvalue weighted by Gasteiger charge is -2.17.